The minimum Gasteiger partial charge on any atom is -0.465 e. The van der Waals surface area contributed by atoms with E-state index in [2.05, 4.69) is 9.72 Å². The molecule has 0 unspecified atom stereocenters. The number of nitrogens with one attached hydrogen (secondary N) is 1. The predicted molar refractivity (Wildman–Crippen MR) is 65.7 cm³/mol. The molecule has 0 bridgehead atoms. The Balaban J connectivity index is 2.62. The van der Waals surface area contributed by atoms with Gasteiger partial charge in [-0.3, -0.25) is 10.1 Å². The van der Waals surface area contributed by atoms with E-state index in [-0.39, 0.29) is 0 Å². The maximum atomic E-state index is 11.6. The van der Waals surface area contributed by atoms with Crippen molar-refractivity contribution in [1.82, 2.24) is 4.98 Å². The Morgan fingerprint density at radius 2 is 2.28 bits per heavy atom. The lowest BCUT2D eigenvalue weighted by Gasteiger charge is -2.01. The first-order valence-corrected chi connectivity index (χ1v) is 5.13. The second-order valence-electron chi connectivity index (χ2n) is 3.56. The summed E-state index contributed by atoms with van der Waals surface area (Å²) in [5.74, 6) is -0.476. The molecule has 1 N–H and O–H groups in total. The van der Waals surface area contributed by atoms with Crippen LogP contribution < -0.4 is 0 Å². The zero-order valence-corrected chi connectivity index (χ0v) is 9.54. The SMILES string of the molecule is COC(=O)c1cccc2[nH]cc(C=C[N+](=O)[O-])c12. The molecule has 2 aromatic rings. The minimum atomic E-state index is -0.556. The van der Waals surface area contributed by atoms with Crippen LogP contribution in [0.15, 0.2) is 30.6 Å². The average molecular weight is 246 g/mol. The number of methoxy groups -OCH3 is 1. The van der Waals surface area contributed by atoms with Crippen molar-refractivity contribution in [3.05, 3.63) is 51.8 Å². The van der Waals surface area contributed by atoms with Crippen molar-refractivity contribution in [3.63, 3.8) is 0 Å². The monoisotopic (exact) mass is 246 g/mol. The molecule has 2 rings (SSSR count). The lowest BCUT2D eigenvalue weighted by Crippen LogP contribution is -2.01. The Morgan fingerprint density at radius 3 is 2.94 bits per heavy atom. The van der Waals surface area contributed by atoms with E-state index in [1.54, 1.807) is 24.4 Å². The van der Waals surface area contributed by atoms with Gasteiger partial charge in [-0.1, -0.05) is 6.07 Å². The Kier molecular flexibility index (Phi) is 3.09. The third-order valence-corrected chi connectivity index (χ3v) is 2.52. The van der Waals surface area contributed by atoms with E-state index in [9.17, 15) is 14.9 Å². The molecule has 0 spiro atoms. The Hall–Kier alpha value is -2.63. The van der Waals surface area contributed by atoms with Crippen LogP contribution in [0.2, 0.25) is 0 Å². The van der Waals surface area contributed by atoms with Gasteiger partial charge in [-0.15, -0.1) is 0 Å². The molecular formula is C12H10N2O4. The zero-order chi connectivity index (χ0) is 13.1. The predicted octanol–water partition coefficient (Wildman–Crippen LogP) is 2.20. The molecule has 6 nitrogen and oxygen atoms in total. The number of H-pyrrole nitrogens is 1. The van der Waals surface area contributed by atoms with Gasteiger partial charge in [-0.05, 0) is 12.1 Å². The number of fused-ring (bicyclic) bond motifs is 1. The van der Waals surface area contributed by atoms with Crippen molar-refractivity contribution in [2.24, 2.45) is 0 Å². The highest BCUT2D eigenvalue weighted by Gasteiger charge is 2.13. The lowest BCUT2D eigenvalue weighted by molar-refractivity contribution is -0.400. The maximum absolute atomic E-state index is 11.6. The standard InChI is InChI=1S/C12H10N2O4/c1-18-12(15)9-3-2-4-10-11(9)8(7-13-10)5-6-14(16)17/h2-7,13H,1H3. The normalized spacial score (nSPS) is 10.9. The number of aromatic nitrogens is 1. The van der Waals surface area contributed by atoms with E-state index in [4.69, 9.17) is 0 Å². The molecule has 0 fully saturated rings. The largest absolute Gasteiger partial charge is 0.465 e. The molecule has 0 radical (unpaired) electrons. The zero-order valence-electron chi connectivity index (χ0n) is 9.54. The molecule has 1 heterocycles. The van der Waals surface area contributed by atoms with Crippen LogP contribution in [-0.4, -0.2) is 23.0 Å². The maximum Gasteiger partial charge on any atom is 0.338 e. The van der Waals surface area contributed by atoms with Crippen LogP contribution in [0.25, 0.3) is 17.0 Å². The van der Waals surface area contributed by atoms with Crippen molar-refractivity contribution >= 4 is 22.9 Å². The van der Waals surface area contributed by atoms with Crippen LogP contribution >= 0.6 is 0 Å². The Morgan fingerprint density at radius 1 is 1.50 bits per heavy atom. The van der Waals surface area contributed by atoms with E-state index in [1.807, 2.05) is 0 Å². The fraction of sp³-hybridized carbons (Fsp3) is 0.0833. The molecule has 92 valence electrons. The Labute approximate surface area is 102 Å². The number of esters is 1. The quantitative estimate of drug-likeness (QED) is 0.511. The fourth-order valence-electron chi connectivity index (χ4n) is 1.76. The van der Waals surface area contributed by atoms with Crippen molar-refractivity contribution < 1.29 is 14.5 Å². The van der Waals surface area contributed by atoms with Crippen LogP contribution in [0.5, 0.6) is 0 Å². The number of ether oxygens (including phenoxy) is 1. The first-order chi connectivity index (χ1) is 8.63. The molecule has 18 heavy (non-hydrogen) atoms. The number of nitro groups is 1. The first-order valence-electron chi connectivity index (χ1n) is 5.13. The smallest absolute Gasteiger partial charge is 0.338 e. The fourth-order valence-corrected chi connectivity index (χ4v) is 1.76. The van der Waals surface area contributed by atoms with Crippen LogP contribution in [0.4, 0.5) is 0 Å². The van der Waals surface area contributed by atoms with E-state index in [0.29, 0.717) is 16.5 Å². The molecule has 0 aliphatic heterocycles. The van der Waals surface area contributed by atoms with Crippen molar-refractivity contribution in [1.29, 1.82) is 0 Å². The van der Waals surface area contributed by atoms with Gasteiger partial charge in [0.2, 0.25) is 6.20 Å². The van der Waals surface area contributed by atoms with Gasteiger partial charge in [0.15, 0.2) is 0 Å². The second-order valence-corrected chi connectivity index (χ2v) is 3.56. The van der Waals surface area contributed by atoms with Crippen LogP contribution in [0, 0.1) is 10.1 Å². The van der Waals surface area contributed by atoms with Gasteiger partial charge in [0.25, 0.3) is 0 Å². The second kappa shape index (κ2) is 4.70. The van der Waals surface area contributed by atoms with Crippen LogP contribution in [0.1, 0.15) is 15.9 Å². The number of benzene rings is 1. The van der Waals surface area contributed by atoms with Crippen molar-refractivity contribution in [2.75, 3.05) is 7.11 Å². The van der Waals surface area contributed by atoms with Gasteiger partial charge in [-0.25, -0.2) is 4.79 Å². The van der Waals surface area contributed by atoms with E-state index in [0.717, 1.165) is 11.7 Å². The molecule has 1 aromatic carbocycles. The summed E-state index contributed by atoms with van der Waals surface area (Å²) in [5, 5.41) is 10.9. The number of aromatic amines is 1. The summed E-state index contributed by atoms with van der Waals surface area (Å²) in [4.78, 5) is 24.3. The van der Waals surface area contributed by atoms with Crippen molar-refractivity contribution in [2.45, 2.75) is 0 Å². The number of hydrogen-bond donors (Lipinski definition) is 1. The molecular weight excluding hydrogens is 236 g/mol. The number of carbonyl (C=O) groups excluding carboxylic acids is 1. The summed E-state index contributed by atoms with van der Waals surface area (Å²) in [5.41, 5.74) is 1.67. The first kappa shape index (κ1) is 11.8. The van der Waals surface area contributed by atoms with Gasteiger partial charge in [0, 0.05) is 28.7 Å². The van der Waals surface area contributed by atoms with Crippen LogP contribution in [-0.2, 0) is 4.74 Å². The van der Waals surface area contributed by atoms with E-state index in [1.165, 1.54) is 13.2 Å². The number of hydrogen-bond acceptors (Lipinski definition) is 4. The molecule has 0 saturated carbocycles. The summed E-state index contributed by atoms with van der Waals surface area (Å²) in [6, 6.07) is 5.11. The number of carbonyl (C=O) groups is 1. The summed E-state index contributed by atoms with van der Waals surface area (Å²) in [6.07, 6.45) is 3.78. The van der Waals surface area contributed by atoms with Gasteiger partial charge in [-0.2, -0.15) is 0 Å². The molecule has 0 amide bonds. The average Bonchev–Trinajstić information content (AvgIpc) is 2.78. The summed E-state index contributed by atoms with van der Waals surface area (Å²) in [7, 11) is 1.29. The molecule has 1 aromatic heterocycles. The Bertz CT molecular complexity index is 643. The minimum absolute atomic E-state index is 0.374. The molecule has 0 atom stereocenters. The van der Waals surface area contributed by atoms with Gasteiger partial charge < -0.3 is 9.72 Å². The van der Waals surface area contributed by atoms with Gasteiger partial charge in [0.1, 0.15) is 0 Å². The molecule has 0 saturated heterocycles. The molecule has 0 aliphatic carbocycles. The summed E-state index contributed by atoms with van der Waals surface area (Å²) >= 11 is 0. The molecule has 0 aliphatic rings. The van der Waals surface area contributed by atoms with Crippen LogP contribution in [0.3, 0.4) is 0 Å². The van der Waals surface area contributed by atoms with Crippen molar-refractivity contribution in [3.8, 4) is 0 Å². The third-order valence-electron chi connectivity index (χ3n) is 2.52. The highest BCUT2D eigenvalue weighted by atomic mass is 16.6. The van der Waals surface area contributed by atoms with Gasteiger partial charge >= 0.3 is 5.97 Å². The highest BCUT2D eigenvalue weighted by Crippen LogP contribution is 2.24. The number of rotatable bonds is 3. The highest BCUT2D eigenvalue weighted by molar-refractivity contribution is 6.06. The summed E-state index contributed by atoms with van der Waals surface area (Å²) < 4.78 is 4.68. The van der Waals surface area contributed by atoms with E-state index < -0.39 is 10.9 Å². The summed E-state index contributed by atoms with van der Waals surface area (Å²) in [6.45, 7) is 0. The van der Waals surface area contributed by atoms with Gasteiger partial charge in [0.05, 0.1) is 17.6 Å². The topological polar surface area (TPSA) is 85.2 Å². The lowest BCUT2D eigenvalue weighted by atomic mass is 10.1. The molecule has 6 heteroatoms. The third kappa shape index (κ3) is 2.08. The number of nitrogens with zero attached hydrogens (tertiary/aromatic N) is 1. The van der Waals surface area contributed by atoms with E-state index >= 15 is 0 Å².